The molecule has 0 aliphatic heterocycles. The molecule has 1 atom stereocenters. The molecule has 5 rings (SSSR count). The second-order valence-electron chi connectivity index (χ2n) is 10.9. The quantitative estimate of drug-likeness (QED) is 0.291. The number of carbonyl (C=O) groups excluding carboxylic acids is 2. The van der Waals surface area contributed by atoms with E-state index in [0.29, 0.717) is 24.8 Å². The number of hydrogen-bond donors (Lipinski definition) is 2. The summed E-state index contributed by atoms with van der Waals surface area (Å²) < 4.78 is 20.7. The van der Waals surface area contributed by atoms with Crippen molar-refractivity contribution in [1.82, 2.24) is 9.88 Å². The average Bonchev–Trinajstić information content (AvgIpc) is 3.47. The Morgan fingerprint density at radius 3 is 2.27 bits per heavy atom. The van der Waals surface area contributed by atoms with Crippen LogP contribution in [0.1, 0.15) is 78.9 Å². The Hall–Kier alpha value is -3.78. The summed E-state index contributed by atoms with van der Waals surface area (Å²) in [6.45, 7) is 0. The van der Waals surface area contributed by atoms with Crippen LogP contribution >= 0.6 is 0 Å². The van der Waals surface area contributed by atoms with E-state index in [4.69, 9.17) is 10.5 Å². The van der Waals surface area contributed by atoms with E-state index in [1.807, 2.05) is 30.3 Å². The molecule has 2 aliphatic carbocycles. The number of halogens is 1. The predicted octanol–water partition coefficient (Wildman–Crippen LogP) is 4.97. The van der Waals surface area contributed by atoms with Crippen LogP contribution in [-0.2, 0) is 16.0 Å². The number of esters is 1. The number of hydrogen-bond acceptors (Lipinski definition) is 6. The van der Waals surface area contributed by atoms with Crippen LogP contribution in [0, 0.1) is 5.82 Å². The first-order valence-corrected chi connectivity index (χ1v) is 14.2. The Morgan fingerprint density at radius 2 is 1.60 bits per heavy atom. The molecule has 7 nitrogen and oxygen atoms in total. The van der Waals surface area contributed by atoms with Gasteiger partial charge in [-0.05, 0) is 93.7 Å². The van der Waals surface area contributed by atoms with Crippen molar-refractivity contribution < 1.29 is 18.7 Å². The number of pyridine rings is 1. The molecule has 2 aromatic carbocycles. The van der Waals surface area contributed by atoms with Gasteiger partial charge in [0.2, 0.25) is 0 Å². The van der Waals surface area contributed by atoms with Crippen molar-refractivity contribution in [2.75, 3.05) is 5.73 Å². The van der Waals surface area contributed by atoms with Gasteiger partial charge in [-0.1, -0.05) is 30.3 Å². The number of carbonyl (C=O) groups is 2. The summed E-state index contributed by atoms with van der Waals surface area (Å²) in [5.74, 6) is -0.866. The fourth-order valence-electron chi connectivity index (χ4n) is 5.99. The molecule has 0 bridgehead atoms. The van der Waals surface area contributed by atoms with Gasteiger partial charge in [0.15, 0.2) is 5.78 Å². The average molecular weight is 546 g/mol. The molecule has 40 heavy (non-hydrogen) atoms. The molecule has 3 aromatic rings. The van der Waals surface area contributed by atoms with Crippen LogP contribution < -0.4 is 16.6 Å². The molecule has 0 radical (unpaired) electrons. The molecule has 210 valence electrons. The van der Waals surface area contributed by atoms with Crippen molar-refractivity contribution in [2.45, 2.75) is 82.0 Å². The molecule has 0 unspecified atom stereocenters. The van der Waals surface area contributed by atoms with Crippen LogP contribution in [0.15, 0.2) is 71.5 Å². The smallest absolute Gasteiger partial charge is 0.323 e. The second-order valence-corrected chi connectivity index (χ2v) is 10.9. The fraction of sp³-hybridized carbons (Fsp3) is 0.406. The van der Waals surface area contributed by atoms with E-state index in [0.717, 1.165) is 44.1 Å². The van der Waals surface area contributed by atoms with E-state index in [9.17, 15) is 18.8 Å². The van der Waals surface area contributed by atoms with Gasteiger partial charge >= 0.3 is 5.97 Å². The number of nitrogens with zero attached hydrogens (tertiary/aromatic N) is 1. The summed E-state index contributed by atoms with van der Waals surface area (Å²) in [4.78, 5) is 39.1. The van der Waals surface area contributed by atoms with Crippen molar-refractivity contribution in [1.29, 1.82) is 0 Å². The maximum absolute atomic E-state index is 13.3. The third-order valence-corrected chi connectivity index (χ3v) is 8.17. The lowest BCUT2D eigenvalue weighted by molar-refractivity contribution is -0.151. The number of anilines is 1. The van der Waals surface area contributed by atoms with E-state index in [-0.39, 0.29) is 46.9 Å². The van der Waals surface area contributed by atoms with Gasteiger partial charge in [-0.3, -0.25) is 19.0 Å². The predicted molar refractivity (Wildman–Crippen MR) is 152 cm³/mol. The summed E-state index contributed by atoms with van der Waals surface area (Å²) in [7, 11) is 0. The van der Waals surface area contributed by atoms with Crippen LogP contribution in [0.2, 0.25) is 0 Å². The van der Waals surface area contributed by atoms with Crippen LogP contribution in [0.25, 0.3) is 0 Å². The summed E-state index contributed by atoms with van der Waals surface area (Å²) in [6.07, 6.45) is 7.42. The van der Waals surface area contributed by atoms with E-state index in [1.165, 1.54) is 41.0 Å². The molecular formula is C32H36FN3O4. The van der Waals surface area contributed by atoms with E-state index >= 15 is 0 Å². The minimum absolute atomic E-state index is 0.00283. The Balaban J connectivity index is 1.27. The lowest BCUT2D eigenvalue weighted by Crippen LogP contribution is -2.48. The molecule has 0 spiro atoms. The van der Waals surface area contributed by atoms with Crippen LogP contribution in [0.5, 0.6) is 0 Å². The number of benzene rings is 2. The molecule has 2 fully saturated rings. The van der Waals surface area contributed by atoms with Gasteiger partial charge in [-0.2, -0.15) is 0 Å². The molecule has 0 saturated heterocycles. The van der Waals surface area contributed by atoms with E-state index in [2.05, 4.69) is 5.32 Å². The normalized spacial score (nSPS) is 20.2. The molecule has 3 N–H and O–H groups in total. The number of aromatic nitrogens is 1. The maximum atomic E-state index is 13.3. The van der Waals surface area contributed by atoms with Gasteiger partial charge < -0.3 is 15.8 Å². The summed E-state index contributed by atoms with van der Waals surface area (Å²) in [5, 5.41) is 3.56. The zero-order chi connectivity index (χ0) is 28.1. The highest BCUT2D eigenvalue weighted by Gasteiger charge is 2.31. The first-order valence-electron chi connectivity index (χ1n) is 14.2. The molecule has 8 heteroatoms. The van der Waals surface area contributed by atoms with Crippen LogP contribution in [-0.4, -0.2) is 34.5 Å². The third kappa shape index (κ3) is 6.50. The second kappa shape index (κ2) is 12.6. The number of ketones is 1. The minimum Gasteiger partial charge on any atom is -0.461 e. The Morgan fingerprint density at radius 1 is 0.925 bits per heavy atom. The van der Waals surface area contributed by atoms with Gasteiger partial charge in [0.1, 0.15) is 23.8 Å². The van der Waals surface area contributed by atoms with Gasteiger partial charge in [0, 0.05) is 23.7 Å². The molecular weight excluding hydrogens is 509 g/mol. The fourth-order valence-corrected chi connectivity index (χ4v) is 5.99. The van der Waals surface area contributed by atoms with Crippen molar-refractivity contribution in [2.24, 2.45) is 0 Å². The van der Waals surface area contributed by atoms with Crippen molar-refractivity contribution >= 4 is 17.6 Å². The van der Waals surface area contributed by atoms with Crippen molar-refractivity contribution in [3.05, 3.63) is 99.6 Å². The first kappa shape index (κ1) is 27.8. The molecule has 1 heterocycles. The summed E-state index contributed by atoms with van der Waals surface area (Å²) in [6, 6.07) is 17.5. The number of nitrogen functional groups attached to an aromatic ring is 1. The molecule has 0 amide bonds. The summed E-state index contributed by atoms with van der Waals surface area (Å²) >= 11 is 0. The summed E-state index contributed by atoms with van der Waals surface area (Å²) in [5.41, 5.74) is 7.74. The molecule has 1 aromatic heterocycles. The largest absolute Gasteiger partial charge is 0.461 e. The highest BCUT2D eigenvalue weighted by atomic mass is 19.1. The third-order valence-electron chi connectivity index (χ3n) is 8.17. The Labute approximate surface area is 233 Å². The first-order chi connectivity index (χ1) is 19.4. The van der Waals surface area contributed by atoms with Crippen molar-refractivity contribution in [3.63, 3.8) is 0 Å². The zero-order valence-corrected chi connectivity index (χ0v) is 22.6. The molecule has 2 aliphatic rings. The van der Waals surface area contributed by atoms with Gasteiger partial charge in [-0.15, -0.1) is 0 Å². The van der Waals surface area contributed by atoms with Gasteiger partial charge in [0.25, 0.3) is 5.56 Å². The lowest BCUT2D eigenvalue weighted by Gasteiger charge is -2.33. The lowest BCUT2D eigenvalue weighted by atomic mass is 9.89. The van der Waals surface area contributed by atoms with Crippen LogP contribution in [0.4, 0.5) is 10.2 Å². The Kier molecular flexibility index (Phi) is 8.75. The topological polar surface area (TPSA) is 103 Å². The SMILES string of the molecule is Nc1c(C(=O)c2ccc(F)cc2)ccc(=O)n1C1CCC(N[C@@H](Cc2ccccc2)C(=O)OC2CCCC2)CC1. The molecule has 2 saturated carbocycles. The maximum Gasteiger partial charge on any atom is 0.323 e. The minimum atomic E-state index is -0.450. The number of nitrogens with two attached hydrogens (primary N) is 1. The van der Waals surface area contributed by atoms with Crippen molar-refractivity contribution in [3.8, 4) is 0 Å². The highest BCUT2D eigenvalue weighted by molar-refractivity contribution is 6.11. The van der Waals surface area contributed by atoms with Crippen LogP contribution in [0.3, 0.4) is 0 Å². The number of nitrogens with one attached hydrogen (secondary N) is 1. The number of ether oxygens (including phenoxy) is 1. The van der Waals surface area contributed by atoms with E-state index in [1.54, 1.807) is 0 Å². The van der Waals surface area contributed by atoms with Gasteiger partial charge in [0.05, 0.1) is 5.56 Å². The van der Waals surface area contributed by atoms with E-state index < -0.39 is 11.9 Å². The zero-order valence-electron chi connectivity index (χ0n) is 22.6. The van der Waals surface area contributed by atoms with Gasteiger partial charge in [-0.25, -0.2) is 4.39 Å². The number of rotatable bonds is 9. The Bertz CT molecular complexity index is 1380. The standard InChI is InChI=1S/C32H36FN3O4/c33-23-12-10-22(11-13-23)30(38)27-18-19-29(37)36(31(27)34)25-16-14-24(15-17-25)35-28(20-21-6-2-1-3-7-21)32(39)40-26-8-4-5-9-26/h1-3,6-7,10-13,18-19,24-26,28,35H,4-5,8-9,14-17,20,34H2/t24?,25?,28-/m0/s1. The monoisotopic (exact) mass is 545 g/mol. The highest BCUT2D eigenvalue weighted by Crippen LogP contribution is 2.31.